The standard InChI is InChI=1S/C8H14O2/c1-6(2)7-3-4-10-5-8(7)9/h6-7H,3-5H2,1-2H3. The quantitative estimate of drug-likeness (QED) is 0.550. The van der Waals surface area contributed by atoms with E-state index in [1.165, 1.54) is 0 Å². The number of carbonyl (C=O) groups excluding carboxylic acids is 1. The summed E-state index contributed by atoms with van der Waals surface area (Å²) >= 11 is 0. The highest BCUT2D eigenvalue weighted by atomic mass is 16.5. The van der Waals surface area contributed by atoms with Gasteiger partial charge in [-0.2, -0.15) is 0 Å². The molecule has 0 aromatic carbocycles. The van der Waals surface area contributed by atoms with Crippen LogP contribution in [0.1, 0.15) is 20.3 Å². The predicted octanol–water partition coefficient (Wildman–Crippen LogP) is 1.25. The van der Waals surface area contributed by atoms with Crippen molar-refractivity contribution in [2.45, 2.75) is 20.3 Å². The Morgan fingerprint density at radius 3 is 2.70 bits per heavy atom. The molecule has 1 aliphatic rings. The Labute approximate surface area is 61.6 Å². The van der Waals surface area contributed by atoms with Crippen molar-refractivity contribution >= 4 is 5.78 Å². The molecule has 2 heteroatoms. The average molecular weight is 142 g/mol. The van der Waals surface area contributed by atoms with Gasteiger partial charge in [0.2, 0.25) is 0 Å². The van der Waals surface area contributed by atoms with E-state index in [0.717, 1.165) is 13.0 Å². The number of rotatable bonds is 1. The molecule has 0 saturated carbocycles. The van der Waals surface area contributed by atoms with Crippen LogP contribution in [0.5, 0.6) is 0 Å². The van der Waals surface area contributed by atoms with E-state index in [2.05, 4.69) is 13.8 Å². The van der Waals surface area contributed by atoms with Gasteiger partial charge in [0.1, 0.15) is 6.61 Å². The van der Waals surface area contributed by atoms with E-state index in [-0.39, 0.29) is 11.7 Å². The lowest BCUT2D eigenvalue weighted by Gasteiger charge is -2.23. The van der Waals surface area contributed by atoms with Gasteiger partial charge in [-0.1, -0.05) is 13.8 Å². The van der Waals surface area contributed by atoms with Crippen molar-refractivity contribution in [1.29, 1.82) is 0 Å². The van der Waals surface area contributed by atoms with E-state index >= 15 is 0 Å². The summed E-state index contributed by atoms with van der Waals surface area (Å²) in [5.41, 5.74) is 0. The highest BCUT2D eigenvalue weighted by Gasteiger charge is 2.24. The molecule has 1 heterocycles. The molecule has 0 aliphatic carbocycles. The summed E-state index contributed by atoms with van der Waals surface area (Å²) < 4.78 is 5.01. The summed E-state index contributed by atoms with van der Waals surface area (Å²) in [6, 6.07) is 0. The summed E-state index contributed by atoms with van der Waals surface area (Å²) in [5, 5.41) is 0. The van der Waals surface area contributed by atoms with Gasteiger partial charge in [0.15, 0.2) is 5.78 Å². The van der Waals surface area contributed by atoms with Gasteiger partial charge in [0.25, 0.3) is 0 Å². The number of Topliss-reactive ketones (excluding diaryl/α,β-unsaturated/α-hetero) is 1. The van der Waals surface area contributed by atoms with Crippen LogP contribution < -0.4 is 0 Å². The van der Waals surface area contributed by atoms with Gasteiger partial charge in [-0.25, -0.2) is 0 Å². The highest BCUT2D eigenvalue weighted by molar-refractivity contribution is 5.82. The molecule has 58 valence electrons. The van der Waals surface area contributed by atoms with Crippen molar-refractivity contribution in [2.75, 3.05) is 13.2 Å². The molecule has 1 atom stereocenters. The minimum absolute atomic E-state index is 0.258. The van der Waals surface area contributed by atoms with Gasteiger partial charge < -0.3 is 4.74 Å². The lowest BCUT2D eigenvalue weighted by atomic mass is 9.88. The van der Waals surface area contributed by atoms with Crippen LogP contribution in [-0.4, -0.2) is 19.0 Å². The molecule has 1 aliphatic heterocycles. The van der Waals surface area contributed by atoms with Crippen molar-refractivity contribution in [3.8, 4) is 0 Å². The van der Waals surface area contributed by atoms with Crippen LogP contribution in [0.15, 0.2) is 0 Å². The molecule has 0 aromatic rings. The van der Waals surface area contributed by atoms with E-state index < -0.39 is 0 Å². The van der Waals surface area contributed by atoms with Gasteiger partial charge in [-0.05, 0) is 12.3 Å². The maximum absolute atomic E-state index is 11.1. The minimum atomic E-state index is 0.258. The molecule has 1 fully saturated rings. The maximum Gasteiger partial charge on any atom is 0.161 e. The van der Waals surface area contributed by atoms with E-state index in [9.17, 15) is 4.79 Å². The summed E-state index contributed by atoms with van der Waals surface area (Å²) in [5.74, 6) is 1.02. The first-order valence-electron chi connectivity index (χ1n) is 3.82. The number of carbonyl (C=O) groups is 1. The molecular weight excluding hydrogens is 128 g/mol. The molecule has 0 bridgehead atoms. The smallest absolute Gasteiger partial charge is 0.161 e. The van der Waals surface area contributed by atoms with E-state index in [0.29, 0.717) is 12.5 Å². The van der Waals surface area contributed by atoms with Crippen LogP contribution in [0.25, 0.3) is 0 Å². The van der Waals surface area contributed by atoms with Gasteiger partial charge in [-0.3, -0.25) is 4.79 Å². The third-order valence-electron chi connectivity index (χ3n) is 2.04. The first kappa shape index (κ1) is 7.73. The summed E-state index contributed by atoms with van der Waals surface area (Å²) in [6.07, 6.45) is 0.913. The van der Waals surface area contributed by atoms with Gasteiger partial charge >= 0.3 is 0 Å². The Bertz CT molecular complexity index is 129. The topological polar surface area (TPSA) is 26.3 Å². The van der Waals surface area contributed by atoms with Crippen molar-refractivity contribution in [3.63, 3.8) is 0 Å². The molecule has 2 nitrogen and oxygen atoms in total. The molecule has 0 aromatic heterocycles. The molecule has 1 rings (SSSR count). The second kappa shape index (κ2) is 3.15. The summed E-state index contributed by atoms with van der Waals surface area (Å²) in [7, 11) is 0. The van der Waals surface area contributed by atoms with Crippen LogP contribution in [0.2, 0.25) is 0 Å². The first-order valence-corrected chi connectivity index (χ1v) is 3.82. The average Bonchev–Trinajstić information content (AvgIpc) is 1.88. The zero-order valence-corrected chi connectivity index (χ0v) is 6.59. The zero-order chi connectivity index (χ0) is 7.56. The number of hydrogen-bond donors (Lipinski definition) is 0. The molecular formula is C8H14O2. The predicted molar refractivity (Wildman–Crippen MR) is 38.8 cm³/mol. The number of hydrogen-bond acceptors (Lipinski definition) is 2. The Balaban J connectivity index is 2.48. The number of ether oxygens (including phenoxy) is 1. The summed E-state index contributed by atoms with van der Waals surface area (Å²) in [6.45, 7) is 5.28. The normalized spacial score (nSPS) is 27.5. The van der Waals surface area contributed by atoms with Crippen molar-refractivity contribution in [1.82, 2.24) is 0 Å². The van der Waals surface area contributed by atoms with Crippen molar-refractivity contribution in [3.05, 3.63) is 0 Å². The van der Waals surface area contributed by atoms with Crippen LogP contribution in [-0.2, 0) is 9.53 Å². The lowest BCUT2D eigenvalue weighted by Crippen LogP contribution is -2.30. The maximum atomic E-state index is 11.1. The summed E-state index contributed by atoms with van der Waals surface area (Å²) in [4.78, 5) is 11.1. The van der Waals surface area contributed by atoms with Crippen LogP contribution in [0, 0.1) is 11.8 Å². The van der Waals surface area contributed by atoms with Crippen LogP contribution >= 0.6 is 0 Å². The molecule has 1 unspecified atom stereocenters. The Hall–Kier alpha value is -0.370. The fourth-order valence-corrected chi connectivity index (χ4v) is 1.36. The lowest BCUT2D eigenvalue weighted by molar-refractivity contribution is -0.134. The molecule has 10 heavy (non-hydrogen) atoms. The minimum Gasteiger partial charge on any atom is -0.374 e. The molecule has 1 saturated heterocycles. The van der Waals surface area contributed by atoms with Crippen molar-refractivity contribution < 1.29 is 9.53 Å². The molecule has 0 spiro atoms. The van der Waals surface area contributed by atoms with Gasteiger partial charge in [-0.15, -0.1) is 0 Å². The van der Waals surface area contributed by atoms with Crippen LogP contribution in [0.4, 0.5) is 0 Å². The second-order valence-electron chi connectivity index (χ2n) is 3.16. The largest absolute Gasteiger partial charge is 0.374 e. The monoisotopic (exact) mass is 142 g/mol. The van der Waals surface area contributed by atoms with E-state index in [4.69, 9.17) is 4.74 Å². The fraction of sp³-hybridized carbons (Fsp3) is 0.875. The Kier molecular flexibility index (Phi) is 2.44. The van der Waals surface area contributed by atoms with Gasteiger partial charge in [0, 0.05) is 12.5 Å². The SMILES string of the molecule is CC(C)C1CCOCC1=O. The first-order chi connectivity index (χ1) is 4.72. The fourth-order valence-electron chi connectivity index (χ4n) is 1.36. The third-order valence-corrected chi connectivity index (χ3v) is 2.04. The molecule has 0 amide bonds. The Morgan fingerprint density at radius 1 is 1.60 bits per heavy atom. The number of ketones is 1. The molecule has 0 radical (unpaired) electrons. The Morgan fingerprint density at radius 2 is 2.30 bits per heavy atom. The van der Waals surface area contributed by atoms with Crippen molar-refractivity contribution in [2.24, 2.45) is 11.8 Å². The third kappa shape index (κ3) is 1.57. The van der Waals surface area contributed by atoms with Gasteiger partial charge in [0.05, 0.1) is 0 Å². The highest BCUT2D eigenvalue weighted by Crippen LogP contribution is 2.19. The van der Waals surface area contributed by atoms with E-state index in [1.807, 2.05) is 0 Å². The van der Waals surface area contributed by atoms with E-state index in [1.54, 1.807) is 0 Å². The molecule has 0 N–H and O–H groups in total. The zero-order valence-electron chi connectivity index (χ0n) is 6.59. The van der Waals surface area contributed by atoms with Crippen LogP contribution in [0.3, 0.4) is 0 Å². The second-order valence-corrected chi connectivity index (χ2v) is 3.16.